The molecule has 2 N–H and O–H groups in total. The van der Waals surface area contributed by atoms with Gasteiger partial charge in [0.2, 0.25) is 0 Å². The first-order chi connectivity index (χ1) is 10.6. The lowest BCUT2D eigenvalue weighted by Gasteiger charge is -2.05. The minimum absolute atomic E-state index is 0.305. The Morgan fingerprint density at radius 1 is 0.864 bits per heavy atom. The van der Waals surface area contributed by atoms with Gasteiger partial charge in [-0.3, -0.25) is 9.59 Å². The highest BCUT2D eigenvalue weighted by Crippen LogP contribution is 2.12. The fraction of sp³-hybridized carbons (Fsp3) is 0.778. The van der Waals surface area contributed by atoms with Crippen molar-refractivity contribution in [3.05, 3.63) is 12.2 Å². The van der Waals surface area contributed by atoms with Crippen LogP contribution < -0.4 is 0 Å². The molecule has 128 valence electrons. The Kier molecular flexibility index (Phi) is 13.7. The van der Waals surface area contributed by atoms with Crippen molar-refractivity contribution < 1.29 is 19.8 Å². The van der Waals surface area contributed by atoms with Gasteiger partial charge in [0, 0.05) is 0 Å². The first-order valence-corrected chi connectivity index (χ1v) is 8.67. The van der Waals surface area contributed by atoms with Gasteiger partial charge in [-0.1, -0.05) is 70.4 Å². The van der Waals surface area contributed by atoms with Crippen molar-refractivity contribution in [1.29, 1.82) is 0 Å². The highest BCUT2D eigenvalue weighted by atomic mass is 16.4. The molecule has 0 aromatic carbocycles. The monoisotopic (exact) mass is 312 g/mol. The second-order valence-electron chi connectivity index (χ2n) is 5.96. The number of unbranched alkanes of at least 4 members (excludes halogenated alkanes) is 9. The van der Waals surface area contributed by atoms with Gasteiger partial charge in [-0.15, -0.1) is 0 Å². The van der Waals surface area contributed by atoms with Gasteiger partial charge in [0.15, 0.2) is 0 Å². The largest absolute Gasteiger partial charge is 0.481 e. The van der Waals surface area contributed by atoms with Gasteiger partial charge in [-0.25, -0.2) is 0 Å². The molecule has 0 amide bonds. The lowest BCUT2D eigenvalue weighted by atomic mass is 10.0. The smallest absolute Gasteiger partial charge is 0.307 e. The Morgan fingerprint density at radius 3 is 1.91 bits per heavy atom. The van der Waals surface area contributed by atoms with Gasteiger partial charge in [-0.05, 0) is 19.3 Å². The maximum absolute atomic E-state index is 10.9. The second-order valence-corrected chi connectivity index (χ2v) is 5.96. The Labute approximate surface area is 134 Å². The Hall–Kier alpha value is -1.32. The van der Waals surface area contributed by atoms with Crippen LogP contribution in [0.2, 0.25) is 0 Å². The molecule has 0 bridgehead atoms. The van der Waals surface area contributed by atoms with Crippen LogP contribution in [0, 0.1) is 5.92 Å². The summed E-state index contributed by atoms with van der Waals surface area (Å²) in [4.78, 5) is 21.4. The standard InChI is InChI=1S/C18H32O4/c1-2-3-4-5-6-7-8-9-10-11-12-13-14-16(18(21)22)15-17(19)20/h12-13,16H,2-11,14-15H2,1H3,(H,19,20)(H,21,22). The molecule has 4 heteroatoms. The topological polar surface area (TPSA) is 74.6 Å². The summed E-state index contributed by atoms with van der Waals surface area (Å²) in [5.41, 5.74) is 0. The molecule has 0 aliphatic rings. The van der Waals surface area contributed by atoms with Gasteiger partial charge in [-0.2, -0.15) is 0 Å². The molecule has 0 rings (SSSR count). The molecule has 0 heterocycles. The van der Waals surface area contributed by atoms with Crippen LogP contribution in [0.1, 0.15) is 84.0 Å². The summed E-state index contributed by atoms with van der Waals surface area (Å²) in [6.07, 6.45) is 16.4. The number of carbonyl (C=O) groups is 2. The van der Waals surface area contributed by atoms with Gasteiger partial charge in [0.1, 0.15) is 0 Å². The minimum Gasteiger partial charge on any atom is -0.481 e. The predicted molar refractivity (Wildman–Crippen MR) is 89.0 cm³/mol. The molecule has 0 fully saturated rings. The molecule has 0 saturated carbocycles. The molecule has 0 aromatic heterocycles. The lowest BCUT2D eigenvalue weighted by Crippen LogP contribution is -2.16. The average molecular weight is 312 g/mol. The summed E-state index contributed by atoms with van der Waals surface area (Å²) in [5.74, 6) is -2.90. The van der Waals surface area contributed by atoms with Crippen LogP contribution in [-0.4, -0.2) is 22.2 Å². The summed E-state index contributed by atoms with van der Waals surface area (Å²) < 4.78 is 0. The first-order valence-electron chi connectivity index (χ1n) is 8.67. The van der Waals surface area contributed by atoms with Crippen molar-refractivity contribution >= 4 is 11.9 Å². The number of allylic oxidation sites excluding steroid dienone is 2. The van der Waals surface area contributed by atoms with Gasteiger partial charge < -0.3 is 10.2 Å². The highest BCUT2D eigenvalue weighted by molar-refractivity contribution is 5.77. The molecule has 1 atom stereocenters. The summed E-state index contributed by atoms with van der Waals surface area (Å²) >= 11 is 0. The van der Waals surface area contributed by atoms with Crippen LogP contribution >= 0.6 is 0 Å². The molecule has 4 nitrogen and oxygen atoms in total. The van der Waals surface area contributed by atoms with E-state index in [1.807, 2.05) is 12.2 Å². The Morgan fingerprint density at radius 2 is 1.41 bits per heavy atom. The van der Waals surface area contributed by atoms with Crippen LogP contribution in [0.15, 0.2) is 12.2 Å². The zero-order valence-electron chi connectivity index (χ0n) is 13.9. The molecule has 0 spiro atoms. The van der Waals surface area contributed by atoms with E-state index in [2.05, 4.69) is 6.92 Å². The highest BCUT2D eigenvalue weighted by Gasteiger charge is 2.18. The number of carboxylic acids is 2. The number of hydrogen-bond acceptors (Lipinski definition) is 2. The van der Waals surface area contributed by atoms with Crippen LogP contribution in [0.3, 0.4) is 0 Å². The van der Waals surface area contributed by atoms with Crippen LogP contribution in [0.25, 0.3) is 0 Å². The Bertz CT molecular complexity index is 323. The zero-order chi connectivity index (χ0) is 16.6. The van der Waals surface area contributed by atoms with E-state index in [1.165, 1.54) is 51.4 Å². The maximum Gasteiger partial charge on any atom is 0.307 e. The average Bonchev–Trinajstić information content (AvgIpc) is 2.46. The summed E-state index contributed by atoms with van der Waals surface area (Å²) in [6, 6.07) is 0. The van der Waals surface area contributed by atoms with Gasteiger partial charge >= 0.3 is 11.9 Å². The van der Waals surface area contributed by atoms with Crippen molar-refractivity contribution in [2.45, 2.75) is 84.0 Å². The molecular formula is C18H32O4. The number of rotatable bonds is 15. The molecule has 1 unspecified atom stereocenters. The normalized spacial score (nSPS) is 12.6. The van der Waals surface area contributed by atoms with Gasteiger partial charge in [0.05, 0.1) is 12.3 Å². The Balaban J connectivity index is 3.50. The van der Waals surface area contributed by atoms with Crippen LogP contribution in [-0.2, 0) is 9.59 Å². The predicted octanol–water partition coefficient (Wildman–Crippen LogP) is 5.03. The molecular weight excluding hydrogens is 280 g/mol. The maximum atomic E-state index is 10.9. The van der Waals surface area contributed by atoms with Crippen LogP contribution in [0.5, 0.6) is 0 Å². The second kappa shape index (κ2) is 14.6. The summed E-state index contributed by atoms with van der Waals surface area (Å²) in [5, 5.41) is 17.5. The third kappa shape index (κ3) is 13.7. The molecule has 0 saturated heterocycles. The van der Waals surface area contributed by atoms with E-state index in [1.54, 1.807) is 0 Å². The van der Waals surface area contributed by atoms with Crippen molar-refractivity contribution in [3.63, 3.8) is 0 Å². The van der Waals surface area contributed by atoms with Crippen LogP contribution in [0.4, 0.5) is 0 Å². The van der Waals surface area contributed by atoms with Crippen molar-refractivity contribution in [3.8, 4) is 0 Å². The fourth-order valence-corrected chi connectivity index (χ4v) is 2.43. The zero-order valence-corrected chi connectivity index (χ0v) is 13.9. The quantitative estimate of drug-likeness (QED) is 0.328. The number of carboxylic acid groups (broad SMARTS) is 2. The molecule has 0 aromatic rings. The number of aliphatic carboxylic acids is 2. The summed E-state index contributed by atoms with van der Waals surface area (Å²) in [6.45, 7) is 2.23. The number of hydrogen-bond donors (Lipinski definition) is 2. The molecule has 0 radical (unpaired) electrons. The fourth-order valence-electron chi connectivity index (χ4n) is 2.43. The van der Waals surface area contributed by atoms with Crippen molar-refractivity contribution in [2.24, 2.45) is 5.92 Å². The van der Waals surface area contributed by atoms with E-state index >= 15 is 0 Å². The molecule has 0 aliphatic heterocycles. The third-order valence-corrected chi connectivity index (χ3v) is 3.83. The van der Waals surface area contributed by atoms with E-state index in [4.69, 9.17) is 10.2 Å². The van der Waals surface area contributed by atoms with E-state index in [9.17, 15) is 9.59 Å². The molecule has 22 heavy (non-hydrogen) atoms. The van der Waals surface area contributed by atoms with E-state index in [0.717, 1.165) is 12.8 Å². The first kappa shape index (κ1) is 20.7. The van der Waals surface area contributed by atoms with Crippen molar-refractivity contribution in [2.75, 3.05) is 0 Å². The third-order valence-electron chi connectivity index (χ3n) is 3.83. The van der Waals surface area contributed by atoms with Crippen molar-refractivity contribution in [1.82, 2.24) is 0 Å². The van der Waals surface area contributed by atoms with Gasteiger partial charge in [0.25, 0.3) is 0 Å². The SMILES string of the molecule is CCCCCCCCCCCC=CCC(CC(=O)O)C(=O)O. The lowest BCUT2D eigenvalue weighted by molar-refractivity contribution is -0.148. The van der Waals surface area contributed by atoms with E-state index < -0.39 is 17.9 Å². The minimum atomic E-state index is -1.06. The van der Waals surface area contributed by atoms with E-state index in [0.29, 0.717) is 6.42 Å². The van der Waals surface area contributed by atoms with E-state index in [-0.39, 0.29) is 6.42 Å². The molecule has 0 aliphatic carbocycles. The summed E-state index contributed by atoms with van der Waals surface area (Å²) in [7, 11) is 0.